The predicted octanol–water partition coefficient (Wildman–Crippen LogP) is 0.912. The molecule has 0 spiro atoms. The molecule has 1 aliphatic rings. The lowest BCUT2D eigenvalue weighted by molar-refractivity contribution is -0.137. The van der Waals surface area contributed by atoms with Gasteiger partial charge in [-0.05, 0) is 19.3 Å². The monoisotopic (exact) mass is 241 g/mol. The Hall–Kier alpha value is -0.610. The lowest BCUT2D eigenvalue weighted by Crippen LogP contribution is -2.57. The topological polar surface area (TPSA) is 49.6 Å². The number of rotatable bonds is 2. The van der Waals surface area contributed by atoms with E-state index in [0.717, 1.165) is 26.2 Å². The van der Waals surface area contributed by atoms with Crippen LogP contribution >= 0.6 is 0 Å². The van der Waals surface area contributed by atoms with Crippen LogP contribution in [0.2, 0.25) is 0 Å². The molecule has 0 unspecified atom stereocenters. The van der Waals surface area contributed by atoms with Gasteiger partial charge in [-0.1, -0.05) is 20.8 Å². The van der Waals surface area contributed by atoms with E-state index < -0.39 is 6.04 Å². The number of nitrogens with zero attached hydrogens (tertiary/aromatic N) is 2. The Kier molecular flexibility index (Phi) is 4.55. The summed E-state index contributed by atoms with van der Waals surface area (Å²) in [4.78, 5) is 16.5. The molecule has 1 atom stereocenters. The van der Waals surface area contributed by atoms with Gasteiger partial charge in [0.25, 0.3) is 0 Å². The summed E-state index contributed by atoms with van der Waals surface area (Å²) in [5.74, 6) is 0.0981. The average molecular weight is 241 g/mol. The highest BCUT2D eigenvalue weighted by Gasteiger charge is 2.32. The van der Waals surface area contributed by atoms with E-state index in [9.17, 15) is 4.79 Å². The van der Waals surface area contributed by atoms with E-state index in [0.29, 0.717) is 6.04 Å². The van der Waals surface area contributed by atoms with Crippen LogP contribution in [0.25, 0.3) is 0 Å². The van der Waals surface area contributed by atoms with Crippen molar-refractivity contribution in [2.24, 2.45) is 11.1 Å². The molecule has 100 valence electrons. The molecule has 1 saturated heterocycles. The second-order valence-electron chi connectivity index (χ2n) is 6.30. The predicted molar refractivity (Wildman–Crippen MR) is 70.7 cm³/mol. The first-order valence-electron chi connectivity index (χ1n) is 6.52. The summed E-state index contributed by atoms with van der Waals surface area (Å²) in [6.45, 7) is 14.0. The van der Waals surface area contributed by atoms with Gasteiger partial charge in [0.2, 0.25) is 5.91 Å². The Morgan fingerprint density at radius 2 is 1.59 bits per heavy atom. The van der Waals surface area contributed by atoms with E-state index in [2.05, 4.69) is 18.7 Å². The number of carbonyl (C=O) groups excluding carboxylic acids is 1. The molecular formula is C13H27N3O. The standard InChI is InChI=1S/C13H27N3O/c1-10(2)15-6-8-16(9-7-15)12(17)11(14)13(3,4)5/h10-11H,6-9,14H2,1-5H3/t11-/m0/s1. The maximum Gasteiger partial charge on any atom is 0.240 e. The summed E-state index contributed by atoms with van der Waals surface area (Å²) in [6.07, 6.45) is 0. The van der Waals surface area contributed by atoms with Crippen molar-refractivity contribution in [3.63, 3.8) is 0 Å². The average Bonchev–Trinajstić information content (AvgIpc) is 2.26. The summed E-state index contributed by atoms with van der Waals surface area (Å²) < 4.78 is 0. The molecule has 4 nitrogen and oxygen atoms in total. The molecular weight excluding hydrogens is 214 g/mol. The maximum atomic E-state index is 12.2. The van der Waals surface area contributed by atoms with Crippen LogP contribution in [0.1, 0.15) is 34.6 Å². The van der Waals surface area contributed by atoms with Crippen LogP contribution in [0, 0.1) is 5.41 Å². The van der Waals surface area contributed by atoms with Crippen molar-refractivity contribution in [1.29, 1.82) is 0 Å². The van der Waals surface area contributed by atoms with Gasteiger partial charge in [0.15, 0.2) is 0 Å². The molecule has 2 N–H and O–H groups in total. The van der Waals surface area contributed by atoms with Crippen LogP contribution in [-0.4, -0.2) is 54.0 Å². The van der Waals surface area contributed by atoms with Gasteiger partial charge in [-0.2, -0.15) is 0 Å². The third-order valence-corrected chi connectivity index (χ3v) is 3.56. The third kappa shape index (κ3) is 3.68. The van der Waals surface area contributed by atoms with Gasteiger partial charge >= 0.3 is 0 Å². The molecule has 0 aromatic heterocycles. The Bertz CT molecular complexity index is 262. The Morgan fingerprint density at radius 1 is 1.12 bits per heavy atom. The Labute approximate surface area is 105 Å². The Balaban J connectivity index is 2.52. The second kappa shape index (κ2) is 5.36. The zero-order valence-electron chi connectivity index (χ0n) is 11.9. The van der Waals surface area contributed by atoms with Crippen molar-refractivity contribution in [2.45, 2.75) is 46.7 Å². The minimum absolute atomic E-state index is 0.0981. The minimum Gasteiger partial charge on any atom is -0.339 e. The molecule has 1 heterocycles. The van der Waals surface area contributed by atoms with Gasteiger partial charge in [0.05, 0.1) is 6.04 Å². The van der Waals surface area contributed by atoms with E-state index in [1.54, 1.807) is 0 Å². The molecule has 0 bridgehead atoms. The summed E-state index contributed by atoms with van der Waals surface area (Å²) in [5.41, 5.74) is 5.85. The molecule has 17 heavy (non-hydrogen) atoms. The van der Waals surface area contributed by atoms with Gasteiger partial charge in [-0.15, -0.1) is 0 Å². The van der Waals surface area contributed by atoms with Gasteiger partial charge in [-0.25, -0.2) is 0 Å². The Morgan fingerprint density at radius 3 is 1.94 bits per heavy atom. The van der Waals surface area contributed by atoms with E-state index in [1.807, 2.05) is 25.7 Å². The first kappa shape index (κ1) is 14.5. The maximum absolute atomic E-state index is 12.2. The summed E-state index contributed by atoms with van der Waals surface area (Å²) >= 11 is 0. The quantitative estimate of drug-likeness (QED) is 0.782. The van der Waals surface area contributed by atoms with Crippen molar-refractivity contribution >= 4 is 5.91 Å². The van der Waals surface area contributed by atoms with Crippen molar-refractivity contribution in [1.82, 2.24) is 9.80 Å². The largest absolute Gasteiger partial charge is 0.339 e. The highest BCUT2D eigenvalue weighted by atomic mass is 16.2. The van der Waals surface area contributed by atoms with Gasteiger partial charge in [-0.3, -0.25) is 9.69 Å². The third-order valence-electron chi connectivity index (χ3n) is 3.56. The molecule has 1 aliphatic heterocycles. The fraction of sp³-hybridized carbons (Fsp3) is 0.923. The number of piperazine rings is 1. The van der Waals surface area contributed by atoms with Crippen molar-refractivity contribution in [3.05, 3.63) is 0 Å². The van der Waals surface area contributed by atoms with Crippen LogP contribution in [0.5, 0.6) is 0 Å². The molecule has 1 fully saturated rings. The zero-order valence-corrected chi connectivity index (χ0v) is 11.9. The minimum atomic E-state index is -0.395. The van der Waals surface area contributed by atoms with Gasteiger partial charge in [0.1, 0.15) is 0 Å². The smallest absolute Gasteiger partial charge is 0.240 e. The van der Waals surface area contributed by atoms with Crippen LogP contribution in [0.4, 0.5) is 0 Å². The van der Waals surface area contributed by atoms with Crippen LogP contribution in [0.3, 0.4) is 0 Å². The molecule has 0 saturated carbocycles. The lowest BCUT2D eigenvalue weighted by Gasteiger charge is -2.39. The highest BCUT2D eigenvalue weighted by Crippen LogP contribution is 2.19. The molecule has 4 heteroatoms. The second-order valence-corrected chi connectivity index (χ2v) is 6.30. The molecule has 1 amide bonds. The number of amides is 1. The molecule has 0 aromatic carbocycles. The van der Waals surface area contributed by atoms with Crippen LogP contribution in [-0.2, 0) is 4.79 Å². The molecule has 1 rings (SSSR count). The van der Waals surface area contributed by atoms with E-state index in [-0.39, 0.29) is 11.3 Å². The highest BCUT2D eigenvalue weighted by molar-refractivity contribution is 5.82. The summed E-state index contributed by atoms with van der Waals surface area (Å²) in [7, 11) is 0. The molecule has 0 radical (unpaired) electrons. The fourth-order valence-corrected chi connectivity index (χ4v) is 2.03. The SMILES string of the molecule is CC(C)N1CCN(C(=O)[C@H](N)C(C)(C)C)CC1. The number of nitrogens with two attached hydrogens (primary N) is 1. The lowest BCUT2D eigenvalue weighted by atomic mass is 9.86. The van der Waals surface area contributed by atoms with Crippen LogP contribution < -0.4 is 5.73 Å². The number of carbonyl (C=O) groups is 1. The first-order chi connectivity index (χ1) is 7.73. The fourth-order valence-electron chi connectivity index (χ4n) is 2.03. The van der Waals surface area contributed by atoms with E-state index in [4.69, 9.17) is 5.73 Å². The van der Waals surface area contributed by atoms with Gasteiger partial charge < -0.3 is 10.6 Å². The normalized spacial score (nSPS) is 20.8. The van der Waals surface area contributed by atoms with Crippen molar-refractivity contribution in [3.8, 4) is 0 Å². The van der Waals surface area contributed by atoms with Crippen molar-refractivity contribution in [2.75, 3.05) is 26.2 Å². The first-order valence-corrected chi connectivity index (χ1v) is 6.52. The zero-order chi connectivity index (χ0) is 13.2. The molecule has 0 aromatic rings. The van der Waals surface area contributed by atoms with Crippen molar-refractivity contribution < 1.29 is 4.79 Å². The summed E-state index contributed by atoms with van der Waals surface area (Å²) in [6, 6.07) is 0.164. The van der Waals surface area contributed by atoms with E-state index in [1.165, 1.54) is 0 Å². The summed E-state index contributed by atoms with van der Waals surface area (Å²) in [5, 5.41) is 0. The molecule has 0 aliphatic carbocycles. The van der Waals surface area contributed by atoms with Crippen LogP contribution in [0.15, 0.2) is 0 Å². The number of hydrogen-bond acceptors (Lipinski definition) is 3. The van der Waals surface area contributed by atoms with Gasteiger partial charge in [0, 0.05) is 32.2 Å². The number of hydrogen-bond donors (Lipinski definition) is 1. The van der Waals surface area contributed by atoms with E-state index >= 15 is 0 Å².